The van der Waals surface area contributed by atoms with Gasteiger partial charge in [-0.25, -0.2) is 32.2 Å². The summed E-state index contributed by atoms with van der Waals surface area (Å²) in [6, 6.07) is 6.44. The van der Waals surface area contributed by atoms with Crippen LogP contribution in [0.1, 0.15) is 47.2 Å². The summed E-state index contributed by atoms with van der Waals surface area (Å²) < 4.78 is 66.1. The maximum atomic E-state index is 15.2. The van der Waals surface area contributed by atoms with Gasteiger partial charge in [-0.05, 0) is 43.5 Å². The molecule has 4 aromatic rings. The molecule has 2 aromatic carbocycles. The minimum atomic E-state index is -1.000. The molecule has 6 nitrogen and oxygen atoms in total. The number of aromatic nitrogens is 5. The Morgan fingerprint density at radius 2 is 1.91 bits per heavy atom. The van der Waals surface area contributed by atoms with Gasteiger partial charge in [-0.15, -0.1) is 5.10 Å². The lowest BCUT2D eigenvalue weighted by atomic mass is 9.90. The van der Waals surface area contributed by atoms with E-state index in [1.165, 1.54) is 17.9 Å². The molecule has 0 saturated carbocycles. The quantitative estimate of drug-likeness (QED) is 0.347. The molecule has 0 fully saturated rings. The molecule has 0 amide bonds. The van der Waals surface area contributed by atoms with Crippen LogP contribution in [0.3, 0.4) is 0 Å². The van der Waals surface area contributed by atoms with Gasteiger partial charge in [0.05, 0.1) is 24.8 Å². The topological polar surface area (TPSA) is 57.8 Å². The van der Waals surface area contributed by atoms with Crippen LogP contribution in [0.5, 0.6) is 5.75 Å². The Bertz CT molecular complexity index is 1420. The lowest BCUT2D eigenvalue weighted by molar-refractivity contribution is 0.413. The smallest absolute Gasteiger partial charge is 0.210 e. The normalized spacial score (nSPS) is 15.8. The van der Waals surface area contributed by atoms with E-state index >= 15 is 4.39 Å². The Labute approximate surface area is 198 Å². The van der Waals surface area contributed by atoms with Crippen LogP contribution in [0.25, 0.3) is 17.6 Å². The van der Waals surface area contributed by atoms with E-state index in [0.29, 0.717) is 42.8 Å². The number of aryl methyl sites for hydroxylation is 2. The van der Waals surface area contributed by atoms with Crippen LogP contribution in [0.15, 0.2) is 42.9 Å². The third-order valence-electron chi connectivity index (χ3n) is 5.97. The Morgan fingerprint density at radius 1 is 1.14 bits per heavy atom. The van der Waals surface area contributed by atoms with Crippen LogP contribution in [-0.2, 0) is 6.54 Å². The second-order valence-corrected chi connectivity index (χ2v) is 8.34. The van der Waals surface area contributed by atoms with Crippen molar-refractivity contribution in [2.75, 3.05) is 7.11 Å². The van der Waals surface area contributed by atoms with Gasteiger partial charge in [0, 0.05) is 36.4 Å². The number of halogens is 4. The van der Waals surface area contributed by atoms with Crippen LogP contribution in [-0.4, -0.2) is 31.4 Å². The van der Waals surface area contributed by atoms with E-state index in [-0.39, 0.29) is 17.2 Å². The molecule has 0 radical (unpaired) electrons. The fourth-order valence-corrected chi connectivity index (χ4v) is 4.37. The van der Waals surface area contributed by atoms with Gasteiger partial charge in [-0.1, -0.05) is 6.07 Å². The van der Waals surface area contributed by atoms with Gasteiger partial charge < -0.3 is 9.30 Å². The number of benzene rings is 2. The number of hydrogen-bond donors (Lipinski definition) is 0. The van der Waals surface area contributed by atoms with Crippen LogP contribution >= 0.6 is 0 Å². The van der Waals surface area contributed by atoms with Gasteiger partial charge in [-0.3, -0.25) is 0 Å². The number of nitrogens with zero attached hydrogens (tertiary/aromatic N) is 5. The zero-order chi connectivity index (χ0) is 24.7. The second-order valence-electron chi connectivity index (χ2n) is 8.34. The standard InChI is InChI=1S/C25H21F4N5O/c1-14-12-33(13-30-14)21-6-5-15(9-22(21)35-2)8-20(29)24-31-25-17(4-3-7-34(25)32-24)23-18(27)10-16(26)11-19(23)28/h5-6,8-13,17H,3-4,7H2,1-2H3/b20-8-/t17-/m1/s1. The molecule has 2 aromatic heterocycles. The molecule has 1 aliphatic heterocycles. The summed E-state index contributed by atoms with van der Waals surface area (Å²) in [5.41, 5.74) is 1.81. The SMILES string of the molecule is COc1cc(/C=C(\F)c2nc3n(n2)CCC[C@@H]3c2c(F)cc(F)cc2F)ccc1-n1cnc(C)c1. The number of ether oxygens (including phenoxy) is 1. The van der Waals surface area contributed by atoms with Crippen LogP contribution in [0.4, 0.5) is 17.6 Å². The van der Waals surface area contributed by atoms with E-state index in [1.54, 1.807) is 29.1 Å². The van der Waals surface area contributed by atoms with Crippen molar-refractivity contribution in [3.05, 3.63) is 88.8 Å². The fourth-order valence-electron chi connectivity index (χ4n) is 4.37. The summed E-state index contributed by atoms with van der Waals surface area (Å²) in [5, 5.41) is 4.21. The summed E-state index contributed by atoms with van der Waals surface area (Å²) in [7, 11) is 1.52. The number of hydrogen-bond acceptors (Lipinski definition) is 4. The Morgan fingerprint density at radius 3 is 2.60 bits per heavy atom. The molecule has 1 atom stereocenters. The summed E-state index contributed by atoms with van der Waals surface area (Å²) in [6.07, 6.45) is 5.72. The van der Waals surface area contributed by atoms with Crippen molar-refractivity contribution in [2.24, 2.45) is 0 Å². The van der Waals surface area contributed by atoms with Crippen molar-refractivity contribution < 1.29 is 22.3 Å². The predicted octanol–water partition coefficient (Wildman–Crippen LogP) is 5.59. The largest absolute Gasteiger partial charge is 0.495 e. The summed E-state index contributed by atoms with van der Waals surface area (Å²) in [4.78, 5) is 8.46. The average molecular weight is 483 g/mol. The molecule has 0 aliphatic carbocycles. The Kier molecular flexibility index (Phi) is 5.88. The summed E-state index contributed by atoms with van der Waals surface area (Å²) >= 11 is 0. The molecule has 10 heteroatoms. The predicted molar refractivity (Wildman–Crippen MR) is 121 cm³/mol. The van der Waals surface area contributed by atoms with Crippen molar-refractivity contribution in [1.29, 1.82) is 0 Å². The van der Waals surface area contributed by atoms with Crippen LogP contribution < -0.4 is 4.74 Å². The monoisotopic (exact) mass is 483 g/mol. The first-order chi connectivity index (χ1) is 16.8. The Balaban J connectivity index is 1.48. The lowest BCUT2D eigenvalue weighted by Crippen LogP contribution is -2.20. The number of rotatable bonds is 5. The molecule has 0 unspecified atom stereocenters. The minimum absolute atomic E-state index is 0.192. The summed E-state index contributed by atoms with van der Waals surface area (Å²) in [6.45, 7) is 2.31. The first-order valence-electron chi connectivity index (χ1n) is 11.0. The average Bonchev–Trinajstić information content (AvgIpc) is 3.45. The lowest BCUT2D eigenvalue weighted by Gasteiger charge is -2.23. The number of fused-ring (bicyclic) bond motifs is 1. The van der Waals surface area contributed by atoms with Gasteiger partial charge >= 0.3 is 0 Å². The van der Waals surface area contributed by atoms with E-state index in [4.69, 9.17) is 4.74 Å². The molecule has 5 rings (SSSR count). The molecule has 0 saturated heterocycles. The molecular formula is C25H21F4N5O. The van der Waals surface area contributed by atoms with Crippen molar-refractivity contribution in [3.63, 3.8) is 0 Å². The van der Waals surface area contributed by atoms with E-state index in [2.05, 4.69) is 15.1 Å². The van der Waals surface area contributed by atoms with E-state index in [0.717, 1.165) is 11.4 Å². The fraction of sp³-hybridized carbons (Fsp3) is 0.240. The van der Waals surface area contributed by atoms with Gasteiger partial charge in [0.2, 0.25) is 5.82 Å². The van der Waals surface area contributed by atoms with Gasteiger partial charge in [-0.2, -0.15) is 0 Å². The van der Waals surface area contributed by atoms with Gasteiger partial charge in [0.1, 0.15) is 29.0 Å². The molecule has 1 aliphatic rings. The highest BCUT2D eigenvalue weighted by atomic mass is 19.1. The molecule has 180 valence electrons. The second kappa shape index (κ2) is 9.01. The van der Waals surface area contributed by atoms with E-state index < -0.39 is 29.2 Å². The number of methoxy groups -OCH3 is 1. The molecule has 3 heterocycles. The third kappa shape index (κ3) is 4.31. The van der Waals surface area contributed by atoms with E-state index in [1.807, 2.05) is 13.1 Å². The van der Waals surface area contributed by atoms with Crippen molar-refractivity contribution >= 4 is 11.9 Å². The van der Waals surface area contributed by atoms with Gasteiger partial charge in [0.25, 0.3) is 0 Å². The highest BCUT2D eigenvalue weighted by Crippen LogP contribution is 2.36. The van der Waals surface area contributed by atoms with Crippen LogP contribution in [0, 0.1) is 24.4 Å². The van der Waals surface area contributed by atoms with Crippen LogP contribution in [0.2, 0.25) is 0 Å². The maximum absolute atomic E-state index is 15.2. The first-order valence-corrected chi connectivity index (χ1v) is 11.0. The maximum Gasteiger partial charge on any atom is 0.210 e. The minimum Gasteiger partial charge on any atom is -0.495 e. The van der Waals surface area contributed by atoms with Crippen molar-refractivity contribution in [1.82, 2.24) is 24.3 Å². The third-order valence-corrected chi connectivity index (χ3v) is 5.97. The first kappa shape index (κ1) is 22.8. The van der Waals surface area contributed by atoms with Crippen molar-refractivity contribution in [2.45, 2.75) is 32.2 Å². The molecule has 0 bridgehead atoms. The number of imidazole rings is 1. The van der Waals surface area contributed by atoms with E-state index in [9.17, 15) is 13.2 Å². The zero-order valence-corrected chi connectivity index (χ0v) is 19.0. The summed E-state index contributed by atoms with van der Waals surface area (Å²) in [5.74, 6) is -3.94. The molecule has 0 spiro atoms. The molecular weight excluding hydrogens is 462 g/mol. The van der Waals surface area contributed by atoms with Crippen molar-refractivity contribution in [3.8, 4) is 11.4 Å². The molecule has 0 N–H and O–H groups in total. The highest BCUT2D eigenvalue weighted by molar-refractivity contribution is 5.75. The molecule has 35 heavy (non-hydrogen) atoms. The van der Waals surface area contributed by atoms with Gasteiger partial charge in [0.15, 0.2) is 5.83 Å². The zero-order valence-electron chi connectivity index (χ0n) is 19.0. The Hall–Kier alpha value is -3.95. The highest BCUT2D eigenvalue weighted by Gasteiger charge is 2.31.